The second-order valence-corrected chi connectivity index (χ2v) is 7.90. The summed E-state index contributed by atoms with van der Waals surface area (Å²) in [5.41, 5.74) is -1.31. The highest BCUT2D eigenvalue weighted by Gasteiger charge is 2.49. The summed E-state index contributed by atoms with van der Waals surface area (Å²) in [5.74, 6) is 0.300. The zero-order chi connectivity index (χ0) is 18.0. The maximum absolute atomic E-state index is 13.2. The number of aromatic nitrogens is 3. The molecule has 8 heteroatoms. The fourth-order valence-electron chi connectivity index (χ4n) is 4.61. The molecule has 3 fully saturated rings. The van der Waals surface area contributed by atoms with Gasteiger partial charge < -0.3 is 18.9 Å². The second kappa shape index (κ2) is 6.97. The largest absolute Gasteiger partial charge is 0.377 e. The van der Waals surface area contributed by atoms with Crippen molar-refractivity contribution in [3.8, 4) is 6.07 Å². The van der Waals surface area contributed by atoms with Crippen LogP contribution in [0.25, 0.3) is 0 Å². The van der Waals surface area contributed by atoms with Crippen LogP contribution in [0.5, 0.6) is 0 Å². The zero-order valence-corrected chi connectivity index (χ0v) is 15.0. The molecule has 3 aliphatic rings. The molecule has 2 unspecified atom stereocenters. The lowest BCUT2D eigenvalue weighted by Gasteiger charge is -2.34. The van der Waals surface area contributed by atoms with E-state index in [9.17, 15) is 10.1 Å². The van der Waals surface area contributed by atoms with E-state index in [1.807, 2.05) is 9.47 Å². The van der Waals surface area contributed by atoms with Gasteiger partial charge in [0.15, 0.2) is 0 Å². The number of amides is 1. The summed E-state index contributed by atoms with van der Waals surface area (Å²) >= 11 is 0. The summed E-state index contributed by atoms with van der Waals surface area (Å²) in [6.07, 6.45) is 7.49. The Morgan fingerprint density at radius 3 is 2.81 bits per heavy atom. The smallest absolute Gasteiger partial charge is 0.243 e. The SMILES string of the molecule is N#CC1(C(=O)N2CCOCC3(CC(Cn4cnnc4)CO3)C2)CCCC1. The average molecular weight is 359 g/mol. The molecule has 1 saturated carbocycles. The summed E-state index contributed by atoms with van der Waals surface area (Å²) in [4.78, 5) is 15.0. The maximum Gasteiger partial charge on any atom is 0.243 e. The highest BCUT2D eigenvalue weighted by atomic mass is 16.5. The Morgan fingerprint density at radius 1 is 1.31 bits per heavy atom. The van der Waals surface area contributed by atoms with Crippen molar-refractivity contribution in [3.05, 3.63) is 12.7 Å². The first-order valence-electron chi connectivity index (χ1n) is 9.40. The van der Waals surface area contributed by atoms with Crippen LogP contribution in [0.2, 0.25) is 0 Å². The van der Waals surface area contributed by atoms with Gasteiger partial charge in [-0.25, -0.2) is 0 Å². The zero-order valence-electron chi connectivity index (χ0n) is 15.0. The number of carbonyl (C=O) groups is 1. The Balaban J connectivity index is 1.46. The van der Waals surface area contributed by atoms with Gasteiger partial charge in [0.2, 0.25) is 5.91 Å². The van der Waals surface area contributed by atoms with Crippen molar-refractivity contribution < 1.29 is 14.3 Å². The first kappa shape index (κ1) is 17.4. The minimum atomic E-state index is -0.841. The van der Waals surface area contributed by atoms with Gasteiger partial charge in [0.05, 0.1) is 32.4 Å². The van der Waals surface area contributed by atoms with Gasteiger partial charge in [-0.3, -0.25) is 4.79 Å². The molecule has 3 heterocycles. The van der Waals surface area contributed by atoms with Gasteiger partial charge in [-0.05, 0) is 19.3 Å². The van der Waals surface area contributed by atoms with Gasteiger partial charge in [-0.15, -0.1) is 10.2 Å². The predicted octanol–water partition coefficient (Wildman–Crippen LogP) is 0.996. The fourth-order valence-corrected chi connectivity index (χ4v) is 4.61. The number of hydrogen-bond donors (Lipinski definition) is 0. The van der Waals surface area contributed by atoms with E-state index in [0.29, 0.717) is 51.7 Å². The Kier molecular flexibility index (Phi) is 4.67. The van der Waals surface area contributed by atoms with Crippen molar-refractivity contribution in [3.63, 3.8) is 0 Å². The Bertz CT molecular complexity index is 679. The molecule has 1 aliphatic carbocycles. The van der Waals surface area contributed by atoms with Crippen LogP contribution >= 0.6 is 0 Å². The second-order valence-electron chi connectivity index (χ2n) is 7.90. The molecule has 1 aromatic rings. The number of nitrogens with zero attached hydrogens (tertiary/aromatic N) is 5. The third-order valence-corrected chi connectivity index (χ3v) is 5.94. The van der Waals surface area contributed by atoms with E-state index in [1.54, 1.807) is 12.7 Å². The van der Waals surface area contributed by atoms with Gasteiger partial charge in [0.25, 0.3) is 0 Å². The number of hydrogen-bond acceptors (Lipinski definition) is 6. The molecular weight excluding hydrogens is 334 g/mol. The molecular formula is C18H25N5O3. The van der Waals surface area contributed by atoms with Crippen molar-refractivity contribution in [2.24, 2.45) is 11.3 Å². The van der Waals surface area contributed by atoms with Crippen molar-refractivity contribution in [2.75, 3.05) is 32.9 Å². The van der Waals surface area contributed by atoms with Crippen LogP contribution in [0.4, 0.5) is 0 Å². The molecule has 1 spiro atoms. The minimum absolute atomic E-state index is 0.0340. The molecule has 1 aromatic heterocycles. The summed E-state index contributed by atoms with van der Waals surface area (Å²) in [6, 6.07) is 2.32. The van der Waals surface area contributed by atoms with E-state index >= 15 is 0 Å². The molecule has 0 N–H and O–H groups in total. The average Bonchev–Trinajstić information content (AvgIpc) is 3.37. The van der Waals surface area contributed by atoms with Crippen LogP contribution in [0.3, 0.4) is 0 Å². The van der Waals surface area contributed by atoms with Crippen molar-refractivity contribution in [2.45, 2.75) is 44.2 Å². The molecule has 8 nitrogen and oxygen atoms in total. The topological polar surface area (TPSA) is 93.3 Å². The molecule has 26 heavy (non-hydrogen) atoms. The van der Waals surface area contributed by atoms with Crippen LogP contribution < -0.4 is 0 Å². The van der Waals surface area contributed by atoms with Gasteiger partial charge in [-0.2, -0.15) is 5.26 Å². The van der Waals surface area contributed by atoms with E-state index in [4.69, 9.17) is 9.47 Å². The van der Waals surface area contributed by atoms with E-state index in [0.717, 1.165) is 25.8 Å². The quantitative estimate of drug-likeness (QED) is 0.799. The van der Waals surface area contributed by atoms with Crippen LogP contribution in [-0.2, 0) is 20.8 Å². The number of ether oxygens (including phenoxy) is 2. The lowest BCUT2D eigenvalue weighted by atomic mass is 9.85. The Hall–Kier alpha value is -1.98. The van der Waals surface area contributed by atoms with Crippen molar-refractivity contribution in [1.82, 2.24) is 19.7 Å². The number of nitriles is 1. The van der Waals surface area contributed by atoms with E-state index in [2.05, 4.69) is 16.3 Å². The molecule has 2 saturated heterocycles. The van der Waals surface area contributed by atoms with Crippen LogP contribution in [0.15, 0.2) is 12.7 Å². The molecule has 0 bridgehead atoms. The normalized spacial score (nSPS) is 31.0. The van der Waals surface area contributed by atoms with Gasteiger partial charge in [0, 0.05) is 19.0 Å². The highest BCUT2D eigenvalue weighted by Crippen LogP contribution is 2.41. The lowest BCUT2D eigenvalue weighted by Crippen LogP contribution is -2.50. The van der Waals surface area contributed by atoms with Crippen LogP contribution in [0.1, 0.15) is 32.1 Å². The monoisotopic (exact) mass is 359 g/mol. The standard InChI is InChI=1S/C18H25N5O3/c19-10-17(3-1-2-4-17)16(24)23-5-6-25-12-18(11-23)7-15(9-26-18)8-22-13-20-21-14-22/h13-15H,1-9,11-12H2. The summed E-state index contributed by atoms with van der Waals surface area (Å²) in [5, 5.41) is 17.3. The first-order valence-corrected chi connectivity index (χ1v) is 9.40. The van der Waals surface area contributed by atoms with Crippen LogP contribution in [0, 0.1) is 22.7 Å². The van der Waals surface area contributed by atoms with Crippen LogP contribution in [-0.4, -0.2) is 64.1 Å². The molecule has 2 aliphatic heterocycles. The minimum Gasteiger partial charge on any atom is -0.377 e. The van der Waals surface area contributed by atoms with Gasteiger partial charge >= 0.3 is 0 Å². The first-order chi connectivity index (χ1) is 12.6. The van der Waals surface area contributed by atoms with E-state index in [1.165, 1.54) is 0 Å². The third-order valence-electron chi connectivity index (χ3n) is 5.94. The summed E-state index contributed by atoms with van der Waals surface area (Å²) in [7, 11) is 0. The number of rotatable bonds is 3. The van der Waals surface area contributed by atoms with Gasteiger partial charge in [0.1, 0.15) is 23.7 Å². The molecule has 0 aromatic carbocycles. The highest BCUT2D eigenvalue weighted by molar-refractivity contribution is 5.86. The third kappa shape index (κ3) is 3.21. The number of carbonyl (C=O) groups excluding carboxylic acids is 1. The Morgan fingerprint density at radius 2 is 2.08 bits per heavy atom. The molecule has 140 valence electrons. The van der Waals surface area contributed by atoms with Crippen molar-refractivity contribution in [1.29, 1.82) is 5.26 Å². The van der Waals surface area contributed by atoms with Crippen molar-refractivity contribution >= 4 is 5.91 Å². The molecule has 2 atom stereocenters. The molecule has 0 radical (unpaired) electrons. The fraction of sp³-hybridized carbons (Fsp3) is 0.778. The van der Waals surface area contributed by atoms with E-state index < -0.39 is 11.0 Å². The predicted molar refractivity (Wildman–Crippen MR) is 90.7 cm³/mol. The maximum atomic E-state index is 13.2. The van der Waals surface area contributed by atoms with E-state index in [-0.39, 0.29) is 5.91 Å². The molecule has 4 rings (SSSR count). The van der Waals surface area contributed by atoms with Gasteiger partial charge in [-0.1, -0.05) is 12.8 Å². The molecule has 1 amide bonds. The lowest BCUT2D eigenvalue weighted by molar-refractivity contribution is -0.142. The Labute approximate surface area is 153 Å². The summed E-state index contributed by atoms with van der Waals surface area (Å²) in [6.45, 7) is 3.46. The summed E-state index contributed by atoms with van der Waals surface area (Å²) < 4.78 is 13.9.